The average Bonchev–Trinajstić information content (AvgIpc) is 2.56. The van der Waals surface area contributed by atoms with E-state index in [-0.39, 0.29) is 5.91 Å². The van der Waals surface area contributed by atoms with E-state index < -0.39 is 0 Å². The highest BCUT2D eigenvalue weighted by Crippen LogP contribution is 2.35. The van der Waals surface area contributed by atoms with Gasteiger partial charge in [-0.05, 0) is 25.1 Å². The van der Waals surface area contributed by atoms with Crippen molar-refractivity contribution >= 4 is 17.3 Å². The van der Waals surface area contributed by atoms with Crippen LogP contribution in [0.3, 0.4) is 0 Å². The van der Waals surface area contributed by atoms with Gasteiger partial charge in [0.05, 0.1) is 18.5 Å². The van der Waals surface area contributed by atoms with Crippen molar-refractivity contribution in [2.45, 2.75) is 12.8 Å². The number of nitrogens with two attached hydrogens (primary N) is 1. The van der Waals surface area contributed by atoms with Gasteiger partial charge in [0.25, 0.3) is 0 Å². The molecule has 2 N–H and O–H groups in total. The molecule has 0 aliphatic carbocycles. The number of methoxy groups -OCH3 is 1. The number of hydrogen-bond donors (Lipinski definition) is 1. The maximum Gasteiger partial charge on any atom is 0.228 e. The molecule has 0 saturated carbocycles. The van der Waals surface area contributed by atoms with E-state index in [0.717, 1.165) is 36.6 Å². The summed E-state index contributed by atoms with van der Waals surface area (Å²) in [7, 11) is 3.44. The molecule has 0 fully saturated rings. The molecule has 1 aliphatic rings. The van der Waals surface area contributed by atoms with Crippen LogP contribution in [0.4, 0.5) is 11.4 Å². The van der Waals surface area contributed by atoms with Crippen LogP contribution in [0.15, 0.2) is 18.2 Å². The Morgan fingerprint density at radius 2 is 2.16 bits per heavy atom. The van der Waals surface area contributed by atoms with Crippen LogP contribution in [0.2, 0.25) is 0 Å². The smallest absolute Gasteiger partial charge is 0.228 e. The summed E-state index contributed by atoms with van der Waals surface area (Å²) >= 11 is 0. The molecule has 1 aromatic carbocycles. The lowest BCUT2D eigenvalue weighted by Crippen LogP contribution is -2.27. The number of amides is 1. The van der Waals surface area contributed by atoms with E-state index in [1.807, 2.05) is 25.2 Å². The van der Waals surface area contributed by atoms with Crippen LogP contribution in [0.1, 0.15) is 12.8 Å². The number of anilines is 2. The number of nitrogens with zero attached hydrogens (tertiary/aromatic N) is 2. The SMILES string of the molecule is COc1ccc2c(c1)N(C)C(=O)CCN2CCCN. The van der Waals surface area contributed by atoms with E-state index in [1.165, 1.54) is 0 Å². The fourth-order valence-electron chi connectivity index (χ4n) is 2.33. The van der Waals surface area contributed by atoms with Gasteiger partial charge in [-0.3, -0.25) is 4.79 Å². The first kappa shape index (κ1) is 13.7. The minimum atomic E-state index is 0.129. The van der Waals surface area contributed by atoms with Crippen LogP contribution >= 0.6 is 0 Å². The van der Waals surface area contributed by atoms with Crippen LogP contribution in [0, 0.1) is 0 Å². The molecule has 0 atom stereocenters. The Hall–Kier alpha value is -1.75. The molecule has 0 saturated heterocycles. The quantitative estimate of drug-likeness (QED) is 0.887. The highest BCUT2D eigenvalue weighted by molar-refractivity contribution is 5.98. The van der Waals surface area contributed by atoms with Crippen LogP contribution in [0.25, 0.3) is 0 Å². The van der Waals surface area contributed by atoms with E-state index in [0.29, 0.717) is 13.0 Å². The standard InChI is InChI=1S/C14H21N3O2/c1-16-13-10-11(19-2)4-5-12(13)17(8-3-7-15)9-6-14(16)18/h4-5,10H,3,6-9,15H2,1-2H3. The van der Waals surface area contributed by atoms with Gasteiger partial charge >= 0.3 is 0 Å². The second-order valence-electron chi connectivity index (χ2n) is 4.69. The van der Waals surface area contributed by atoms with Crippen molar-refractivity contribution in [1.82, 2.24) is 0 Å². The van der Waals surface area contributed by atoms with E-state index in [1.54, 1.807) is 12.0 Å². The summed E-state index contributed by atoms with van der Waals surface area (Å²) in [6.45, 7) is 2.27. The Morgan fingerprint density at radius 1 is 1.37 bits per heavy atom. The van der Waals surface area contributed by atoms with Gasteiger partial charge < -0.3 is 20.3 Å². The third-order valence-corrected chi connectivity index (χ3v) is 3.49. The number of carbonyl (C=O) groups excluding carboxylic acids is 1. The molecule has 5 heteroatoms. The van der Waals surface area contributed by atoms with Gasteiger partial charge in [-0.2, -0.15) is 0 Å². The molecule has 5 nitrogen and oxygen atoms in total. The Bertz CT molecular complexity index is 462. The zero-order valence-electron chi connectivity index (χ0n) is 11.6. The zero-order valence-corrected chi connectivity index (χ0v) is 11.6. The number of rotatable bonds is 4. The fraction of sp³-hybridized carbons (Fsp3) is 0.500. The lowest BCUT2D eigenvalue weighted by atomic mass is 10.2. The molecule has 1 heterocycles. The molecule has 104 valence electrons. The third-order valence-electron chi connectivity index (χ3n) is 3.49. The number of fused-ring (bicyclic) bond motifs is 1. The van der Waals surface area contributed by atoms with E-state index >= 15 is 0 Å². The minimum absolute atomic E-state index is 0.129. The molecule has 0 spiro atoms. The van der Waals surface area contributed by atoms with Crippen LogP contribution in [-0.4, -0.2) is 39.7 Å². The summed E-state index contributed by atoms with van der Waals surface area (Å²) in [5.74, 6) is 0.892. The minimum Gasteiger partial charge on any atom is -0.497 e. The van der Waals surface area contributed by atoms with Crippen molar-refractivity contribution in [2.24, 2.45) is 5.73 Å². The fourth-order valence-corrected chi connectivity index (χ4v) is 2.33. The van der Waals surface area contributed by atoms with Gasteiger partial charge in [0.1, 0.15) is 5.75 Å². The molecule has 2 rings (SSSR count). The van der Waals surface area contributed by atoms with Crippen molar-refractivity contribution in [3.8, 4) is 5.75 Å². The van der Waals surface area contributed by atoms with Crippen LogP contribution in [-0.2, 0) is 4.79 Å². The molecular weight excluding hydrogens is 242 g/mol. The monoisotopic (exact) mass is 263 g/mol. The summed E-state index contributed by atoms with van der Waals surface area (Å²) in [6, 6.07) is 5.85. The maximum absolute atomic E-state index is 12.0. The Labute approximate surface area is 113 Å². The first-order valence-corrected chi connectivity index (χ1v) is 6.57. The summed E-state index contributed by atoms with van der Waals surface area (Å²) in [4.78, 5) is 16.0. The second kappa shape index (κ2) is 5.93. The number of carbonyl (C=O) groups is 1. The van der Waals surface area contributed by atoms with Crippen molar-refractivity contribution in [3.63, 3.8) is 0 Å². The Balaban J connectivity index is 2.38. The number of benzene rings is 1. The number of hydrogen-bond acceptors (Lipinski definition) is 4. The van der Waals surface area contributed by atoms with Gasteiger partial charge in [-0.1, -0.05) is 0 Å². The van der Waals surface area contributed by atoms with Gasteiger partial charge in [0.15, 0.2) is 0 Å². The number of ether oxygens (including phenoxy) is 1. The largest absolute Gasteiger partial charge is 0.497 e. The predicted molar refractivity (Wildman–Crippen MR) is 76.9 cm³/mol. The van der Waals surface area contributed by atoms with Crippen LogP contribution < -0.4 is 20.3 Å². The predicted octanol–water partition coefficient (Wildman–Crippen LogP) is 1.22. The summed E-state index contributed by atoms with van der Waals surface area (Å²) in [5, 5.41) is 0. The van der Waals surface area contributed by atoms with Gasteiger partial charge in [-0.25, -0.2) is 0 Å². The van der Waals surface area contributed by atoms with Crippen LogP contribution in [0.5, 0.6) is 5.75 Å². The van der Waals surface area contributed by atoms with E-state index in [4.69, 9.17) is 10.5 Å². The van der Waals surface area contributed by atoms with Gasteiger partial charge in [0, 0.05) is 32.6 Å². The average molecular weight is 263 g/mol. The normalized spacial score (nSPS) is 15.2. The summed E-state index contributed by atoms with van der Waals surface area (Å²) < 4.78 is 5.24. The zero-order chi connectivity index (χ0) is 13.8. The molecule has 0 unspecified atom stereocenters. The molecule has 0 bridgehead atoms. The van der Waals surface area contributed by atoms with Crippen molar-refractivity contribution in [1.29, 1.82) is 0 Å². The van der Waals surface area contributed by atoms with E-state index in [9.17, 15) is 4.79 Å². The molecule has 0 radical (unpaired) electrons. The van der Waals surface area contributed by atoms with Gasteiger partial charge in [-0.15, -0.1) is 0 Å². The highest BCUT2D eigenvalue weighted by Gasteiger charge is 2.23. The molecule has 1 aliphatic heterocycles. The molecular formula is C14H21N3O2. The summed E-state index contributed by atoms with van der Waals surface area (Å²) in [5.41, 5.74) is 7.55. The molecule has 0 aromatic heterocycles. The maximum atomic E-state index is 12.0. The van der Waals surface area contributed by atoms with Gasteiger partial charge in [0.2, 0.25) is 5.91 Å². The first-order chi connectivity index (χ1) is 9.17. The topological polar surface area (TPSA) is 58.8 Å². The third kappa shape index (κ3) is 2.81. The van der Waals surface area contributed by atoms with E-state index in [2.05, 4.69) is 4.90 Å². The second-order valence-corrected chi connectivity index (χ2v) is 4.69. The Kier molecular flexibility index (Phi) is 4.27. The summed E-state index contributed by atoms with van der Waals surface area (Å²) in [6.07, 6.45) is 1.45. The molecule has 19 heavy (non-hydrogen) atoms. The lowest BCUT2D eigenvalue weighted by Gasteiger charge is -2.25. The van der Waals surface area contributed by atoms with Crippen molar-refractivity contribution in [3.05, 3.63) is 18.2 Å². The van der Waals surface area contributed by atoms with Crippen molar-refractivity contribution in [2.75, 3.05) is 43.6 Å². The Morgan fingerprint density at radius 3 is 2.84 bits per heavy atom. The van der Waals surface area contributed by atoms with Crippen molar-refractivity contribution < 1.29 is 9.53 Å². The molecule has 1 amide bonds. The highest BCUT2D eigenvalue weighted by atomic mass is 16.5. The lowest BCUT2D eigenvalue weighted by molar-refractivity contribution is -0.118. The first-order valence-electron chi connectivity index (χ1n) is 6.57. The molecule has 1 aromatic rings.